The first-order chi connectivity index (χ1) is 12.2. The first kappa shape index (κ1) is 16.2. The van der Waals surface area contributed by atoms with Gasteiger partial charge in [0.1, 0.15) is 0 Å². The van der Waals surface area contributed by atoms with Gasteiger partial charge in [-0.05, 0) is 42.0 Å². The summed E-state index contributed by atoms with van der Waals surface area (Å²) in [6.45, 7) is 0.513. The maximum Gasteiger partial charge on any atom is 0.298 e. The molecule has 0 fully saturated rings. The van der Waals surface area contributed by atoms with Gasteiger partial charge in [0, 0.05) is 18.4 Å². The lowest BCUT2D eigenvalue weighted by atomic mass is 10.2. The molecule has 2 aromatic carbocycles. The molecule has 122 valence electrons. The molecule has 0 radical (unpaired) electrons. The summed E-state index contributed by atoms with van der Waals surface area (Å²) in [5, 5.41) is 11.3. The molecule has 3 aromatic rings. The fraction of sp³-hybridized carbons (Fsp3) is 0.0500. The number of hydrogen-bond acceptors (Lipinski definition) is 3. The summed E-state index contributed by atoms with van der Waals surface area (Å²) in [6.07, 6.45) is 1.77. The number of hydrogen-bond donors (Lipinski definition) is 1. The van der Waals surface area contributed by atoms with E-state index < -0.39 is 11.7 Å². The minimum absolute atomic E-state index is 0.329. The third-order valence-corrected chi connectivity index (χ3v) is 3.74. The standard InChI is InChI=1S/C20H15N3O2/c21-13-15-8-10-17(11-9-15)22-20(25)19(24)18-7-4-12-23(18)14-16-5-2-1-3-6-16/h1-12H,14H2,(H,22,25). The van der Waals surface area contributed by atoms with Crippen molar-refractivity contribution in [2.45, 2.75) is 6.54 Å². The fourth-order valence-corrected chi connectivity index (χ4v) is 2.47. The summed E-state index contributed by atoms with van der Waals surface area (Å²) in [7, 11) is 0. The molecule has 1 N–H and O–H groups in total. The maximum atomic E-state index is 12.5. The second-order valence-electron chi connectivity index (χ2n) is 5.48. The van der Waals surface area contributed by atoms with Crippen molar-refractivity contribution in [1.82, 2.24) is 4.57 Å². The van der Waals surface area contributed by atoms with E-state index in [4.69, 9.17) is 5.26 Å². The summed E-state index contributed by atoms with van der Waals surface area (Å²) in [4.78, 5) is 24.7. The van der Waals surface area contributed by atoms with E-state index in [2.05, 4.69) is 5.32 Å². The number of nitrogens with zero attached hydrogens (tertiary/aromatic N) is 2. The van der Waals surface area contributed by atoms with Gasteiger partial charge in [0.15, 0.2) is 0 Å². The van der Waals surface area contributed by atoms with Gasteiger partial charge in [-0.1, -0.05) is 30.3 Å². The van der Waals surface area contributed by atoms with Crippen molar-refractivity contribution in [2.75, 3.05) is 5.32 Å². The highest BCUT2D eigenvalue weighted by molar-refractivity contribution is 6.46. The van der Waals surface area contributed by atoms with Crippen LogP contribution in [0.25, 0.3) is 0 Å². The molecular weight excluding hydrogens is 314 g/mol. The number of ketones is 1. The van der Waals surface area contributed by atoms with Gasteiger partial charge in [0.2, 0.25) is 0 Å². The van der Waals surface area contributed by atoms with Gasteiger partial charge in [-0.3, -0.25) is 9.59 Å². The normalized spacial score (nSPS) is 10.0. The van der Waals surface area contributed by atoms with Crippen LogP contribution in [0.15, 0.2) is 72.9 Å². The van der Waals surface area contributed by atoms with Gasteiger partial charge in [-0.2, -0.15) is 5.26 Å². The summed E-state index contributed by atoms with van der Waals surface area (Å²) in [6, 6.07) is 21.4. The van der Waals surface area contributed by atoms with Crippen molar-refractivity contribution >= 4 is 17.4 Å². The second-order valence-corrected chi connectivity index (χ2v) is 5.48. The minimum atomic E-state index is -0.710. The lowest BCUT2D eigenvalue weighted by Gasteiger charge is -2.09. The molecule has 0 aliphatic carbocycles. The van der Waals surface area contributed by atoms with Crippen LogP contribution in [0.2, 0.25) is 0 Å². The molecule has 0 atom stereocenters. The largest absolute Gasteiger partial charge is 0.340 e. The van der Waals surface area contributed by atoms with Gasteiger partial charge in [-0.15, -0.1) is 0 Å². The van der Waals surface area contributed by atoms with Crippen LogP contribution in [0, 0.1) is 11.3 Å². The van der Waals surface area contributed by atoms with Crippen LogP contribution in [-0.4, -0.2) is 16.3 Å². The summed E-state index contributed by atoms with van der Waals surface area (Å²) < 4.78 is 1.75. The van der Waals surface area contributed by atoms with Crippen molar-refractivity contribution in [3.05, 3.63) is 89.7 Å². The number of Topliss-reactive ketones (excluding diaryl/α,β-unsaturated/α-hetero) is 1. The van der Waals surface area contributed by atoms with E-state index >= 15 is 0 Å². The predicted octanol–water partition coefficient (Wildman–Crippen LogP) is 3.23. The van der Waals surface area contributed by atoms with Gasteiger partial charge in [-0.25, -0.2) is 0 Å². The first-order valence-corrected chi connectivity index (χ1v) is 7.72. The average Bonchev–Trinajstić information content (AvgIpc) is 3.10. The van der Waals surface area contributed by atoms with Crippen LogP contribution in [0.3, 0.4) is 0 Å². The molecule has 5 nitrogen and oxygen atoms in total. The number of benzene rings is 2. The van der Waals surface area contributed by atoms with Gasteiger partial charge < -0.3 is 9.88 Å². The monoisotopic (exact) mass is 329 g/mol. The zero-order valence-corrected chi connectivity index (χ0v) is 13.3. The second kappa shape index (κ2) is 7.28. The summed E-state index contributed by atoms with van der Waals surface area (Å²) >= 11 is 0. The van der Waals surface area contributed by atoms with Gasteiger partial charge >= 0.3 is 0 Å². The summed E-state index contributed by atoms with van der Waals surface area (Å²) in [5.41, 5.74) is 2.33. The quantitative estimate of drug-likeness (QED) is 0.577. The number of carbonyl (C=O) groups is 2. The molecule has 0 bridgehead atoms. The van der Waals surface area contributed by atoms with Crippen LogP contribution in [0.1, 0.15) is 21.6 Å². The number of carbonyl (C=O) groups excluding carboxylic acids is 2. The smallest absolute Gasteiger partial charge is 0.298 e. The van der Waals surface area contributed by atoms with E-state index in [0.29, 0.717) is 23.5 Å². The van der Waals surface area contributed by atoms with E-state index in [0.717, 1.165) is 5.56 Å². The number of aromatic nitrogens is 1. The molecule has 3 rings (SSSR count). The van der Waals surface area contributed by atoms with Gasteiger partial charge in [0.05, 0.1) is 17.3 Å². The molecular formula is C20H15N3O2. The molecule has 0 saturated heterocycles. The Balaban J connectivity index is 1.73. The minimum Gasteiger partial charge on any atom is -0.340 e. The van der Waals surface area contributed by atoms with E-state index in [-0.39, 0.29) is 0 Å². The highest BCUT2D eigenvalue weighted by Gasteiger charge is 2.19. The van der Waals surface area contributed by atoms with Crippen molar-refractivity contribution in [1.29, 1.82) is 5.26 Å². The Morgan fingerprint density at radius 1 is 0.960 bits per heavy atom. The Kier molecular flexibility index (Phi) is 4.72. The SMILES string of the molecule is N#Cc1ccc(NC(=O)C(=O)c2cccn2Cc2ccccc2)cc1. The van der Waals surface area contributed by atoms with Crippen molar-refractivity contribution in [2.24, 2.45) is 0 Å². The number of anilines is 1. The van der Waals surface area contributed by atoms with Crippen LogP contribution in [0.4, 0.5) is 5.69 Å². The van der Waals surface area contributed by atoms with Crippen molar-refractivity contribution in [3.8, 4) is 6.07 Å². The highest BCUT2D eigenvalue weighted by atomic mass is 16.2. The molecule has 1 aromatic heterocycles. The molecule has 25 heavy (non-hydrogen) atoms. The van der Waals surface area contributed by atoms with E-state index in [9.17, 15) is 9.59 Å². The number of amides is 1. The molecule has 0 spiro atoms. The Bertz CT molecular complexity index is 935. The zero-order valence-electron chi connectivity index (χ0n) is 13.3. The van der Waals surface area contributed by atoms with E-state index in [1.807, 2.05) is 36.4 Å². The zero-order chi connectivity index (χ0) is 17.6. The Labute approximate surface area is 145 Å². The first-order valence-electron chi connectivity index (χ1n) is 7.72. The molecule has 1 amide bonds. The molecule has 0 unspecified atom stereocenters. The van der Waals surface area contributed by atoms with Crippen LogP contribution in [0.5, 0.6) is 0 Å². The molecule has 0 saturated carbocycles. The third kappa shape index (κ3) is 3.82. The number of nitrogens with one attached hydrogen (secondary N) is 1. The Hall–Kier alpha value is -3.65. The molecule has 1 heterocycles. The van der Waals surface area contributed by atoms with Crippen molar-refractivity contribution < 1.29 is 9.59 Å². The maximum absolute atomic E-state index is 12.5. The van der Waals surface area contributed by atoms with Crippen LogP contribution in [-0.2, 0) is 11.3 Å². The van der Waals surface area contributed by atoms with E-state index in [1.54, 1.807) is 47.2 Å². The molecule has 5 heteroatoms. The van der Waals surface area contributed by atoms with Gasteiger partial charge in [0.25, 0.3) is 11.7 Å². The number of rotatable bonds is 5. The average molecular weight is 329 g/mol. The van der Waals surface area contributed by atoms with E-state index in [1.165, 1.54) is 0 Å². The topological polar surface area (TPSA) is 74.9 Å². The number of nitriles is 1. The van der Waals surface area contributed by atoms with Crippen molar-refractivity contribution in [3.63, 3.8) is 0 Å². The lowest BCUT2D eigenvalue weighted by molar-refractivity contribution is -0.112. The highest BCUT2D eigenvalue weighted by Crippen LogP contribution is 2.12. The van der Waals surface area contributed by atoms with Crippen LogP contribution >= 0.6 is 0 Å². The predicted molar refractivity (Wildman–Crippen MR) is 94.1 cm³/mol. The summed E-state index contributed by atoms with van der Waals surface area (Å²) in [5.74, 6) is -1.32. The molecule has 0 aliphatic rings. The molecule has 0 aliphatic heterocycles. The van der Waals surface area contributed by atoms with Crippen LogP contribution < -0.4 is 5.32 Å². The third-order valence-electron chi connectivity index (χ3n) is 3.74. The lowest BCUT2D eigenvalue weighted by Crippen LogP contribution is -2.25. The Morgan fingerprint density at radius 2 is 1.68 bits per heavy atom. The Morgan fingerprint density at radius 3 is 2.36 bits per heavy atom. The fourth-order valence-electron chi connectivity index (χ4n) is 2.47.